The number of carbonyl (C=O) groups is 2. The van der Waals surface area contributed by atoms with Gasteiger partial charge in [0.1, 0.15) is 5.75 Å². The molecule has 2 heterocycles. The maximum absolute atomic E-state index is 12.7. The van der Waals surface area contributed by atoms with E-state index in [1.807, 2.05) is 35.9 Å². The predicted molar refractivity (Wildman–Crippen MR) is 110 cm³/mol. The van der Waals surface area contributed by atoms with Crippen LogP contribution >= 0.6 is 0 Å². The molecule has 9 nitrogen and oxygen atoms in total. The average molecular weight is 412 g/mol. The van der Waals surface area contributed by atoms with Crippen LogP contribution in [-0.4, -0.2) is 45.2 Å². The number of hydrogen-bond donors (Lipinski definition) is 1. The van der Waals surface area contributed by atoms with Gasteiger partial charge < -0.3 is 15.0 Å². The molecule has 0 radical (unpaired) electrons. The summed E-state index contributed by atoms with van der Waals surface area (Å²) in [6, 6.07) is 7.68. The van der Waals surface area contributed by atoms with Crippen LogP contribution in [0.3, 0.4) is 0 Å². The third kappa shape index (κ3) is 4.44. The smallest absolute Gasteiger partial charge is 0.227 e. The van der Waals surface area contributed by atoms with E-state index in [2.05, 4.69) is 20.8 Å². The number of nitrogens with zero attached hydrogens (tertiary/aromatic N) is 5. The fourth-order valence-corrected chi connectivity index (χ4v) is 4.27. The molecule has 30 heavy (non-hydrogen) atoms. The molecule has 2 aliphatic rings. The molecule has 1 saturated heterocycles. The molecular formula is C21H28N6O3. The van der Waals surface area contributed by atoms with Crippen molar-refractivity contribution in [3.8, 4) is 5.75 Å². The lowest BCUT2D eigenvalue weighted by Crippen LogP contribution is -2.33. The van der Waals surface area contributed by atoms with E-state index in [1.54, 1.807) is 4.90 Å². The summed E-state index contributed by atoms with van der Waals surface area (Å²) in [7, 11) is 0. The zero-order valence-electron chi connectivity index (χ0n) is 17.3. The van der Waals surface area contributed by atoms with E-state index in [1.165, 1.54) is 19.3 Å². The van der Waals surface area contributed by atoms with E-state index < -0.39 is 0 Å². The van der Waals surface area contributed by atoms with Gasteiger partial charge in [0.15, 0.2) is 5.82 Å². The Morgan fingerprint density at radius 2 is 1.97 bits per heavy atom. The van der Waals surface area contributed by atoms with E-state index in [4.69, 9.17) is 4.74 Å². The maximum atomic E-state index is 12.7. The van der Waals surface area contributed by atoms with Gasteiger partial charge in [-0.05, 0) is 54.5 Å². The van der Waals surface area contributed by atoms with Crippen molar-refractivity contribution in [2.75, 3.05) is 18.1 Å². The number of benzene rings is 1. The van der Waals surface area contributed by atoms with E-state index >= 15 is 0 Å². The normalized spacial score (nSPS) is 19.8. The number of aromatic nitrogens is 4. The van der Waals surface area contributed by atoms with E-state index in [0.29, 0.717) is 25.0 Å². The van der Waals surface area contributed by atoms with Crippen LogP contribution in [0.5, 0.6) is 5.75 Å². The van der Waals surface area contributed by atoms with Gasteiger partial charge in [-0.15, -0.1) is 5.10 Å². The molecule has 9 heteroatoms. The first kappa shape index (κ1) is 20.3. The highest BCUT2D eigenvalue weighted by molar-refractivity contribution is 6.00. The van der Waals surface area contributed by atoms with Crippen molar-refractivity contribution in [2.45, 2.75) is 58.0 Å². The van der Waals surface area contributed by atoms with Crippen LogP contribution in [-0.2, 0) is 16.1 Å². The molecule has 2 aromatic rings. The Bertz CT molecular complexity index is 875. The number of nitrogens with one attached hydrogen (secondary N) is 1. The van der Waals surface area contributed by atoms with Crippen molar-refractivity contribution in [2.24, 2.45) is 5.92 Å². The topological polar surface area (TPSA) is 102 Å². The van der Waals surface area contributed by atoms with Crippen molar-refractivity contribution in [3.05, 3.63) is 30.1 Å². The fraction of sp³-hybridized carbons (Fsp3) is 0.571. The maximum Gasteiger partial charge on any atom is 0.227 e. The molecule has 160 valence electrons. The molecule has 2 fully saturated rings. The highest BCUT2D eigenvalue weighted by Gasteiger charge is 2.35. The van der Waals surface area contributed by atoms with Crippen molar-refractivity contribution in [3.63, 3.8) is 0 Å². The molecule has 2 amide bonds. The van der Waals surface area contributed by atoms with Gasteiger partial charge in [0.2, 0.25) is 11.8 Å². The van der Waals surface area contributed by atoms with Crippen LogP contribution in [0.2, 0.25) is 0 Å². The van der Waals surface area contributed by atoms with E-state index in [0.717, 1.165) is 24.3 Å². The Hall–Kier alpha value is -2.97. The number of tetrazole rings is 1. The van der Waals surface area contributed by atoms with Crippen molar-refractivity contribution >= 4 is 17.5 Å². The van der Waals surface area contributed by atoms with E-state index in [-0.39, 0.29) is 30.7 Å². The van der Waals surface area contributed by atoms with Gasteiger partial charge >= 0.3 is 0 Å². The summed E-state index contributed by atoms with van der Waals surface area (Å²) in [5, 5.41) is 14.9. The summed E-state index contributed by atoms with van der Waals surface area (Å²) in [6.07, 6.45) is 5.96. The largest absolute Gasteiger partial charge is 0.494 e. The molecule has 1 aliphatic carbocycles. The van der Waals surface area contributed by atoms with Gasteiger partial charge in [-0.1, -0.05) is 19.3 Å². The van der Waals surface area contributed by atoms with Crippen LogP contribution in [0.1, 0.15) is 57.3 Å². The van der Waals surface area contributed by atoms with Crippen LogP contribution in [0.25, 0.3) is 0 Å². The third-order valence-corrected chi connectivity index (χ3v) is 5.86. The quantitative estimate of drug-likeness (QED) is 0.748. The SMILES string of the molecule is CCOc1ccc(N2C[C@@H](C(=O)NCc3nnnn3C3CCCCC3)CC2=O)cc1. The molecule has 1 aromatic heterocycles. The van der Waals surface area contributed by atoms with Crippen LogP contribution < -0.4 is 15.0 Å². The van der Waals surface area contributed by atoms with Gasteiger partial charge in [0, 0.05) is 18.7 Å². The first-order chi connectivity index (χ1) is 14.7. The molecule has 1 aromatic carbocycles. The molecule has 0 unspecified atom stereocenters. The standard InChI is InChI=1S/C21H28N6O3/c1-2-30-18-10-8-16(9-11-18)26-14-15(12-20(26)28)21(29)22-13-19-23-24-25-27(19)17-6-4-3-5-7-17/h8-11,15,17H,2-7,12-14H2,1H3,(H,22,29)/t15-/m0/s1. The zero-order valence-corrected chi connectivity index (χ0v) is 17.3. The summed E-state index contributed by atoms with van der Waals surface area (Å²) >= 11 is 0. The Balaban J connectivity index is 1.34. The van der Waals surface area contributed by atoms with Crippen molar-refractivity contribution in [1.29, 1.82) is 0 Å². The van der Waals surface area contributed by atoms with Gasteiger partial charge in [-0.25, -0.2) is 4.68 Å². The Labute approximate surface area is 175 Å². The molecule has 1 saturated carbocycles. The third-order valence-electron chi connectivity index (χ3n) is 5.86. The first-order valence-corrected chi connectivity index (χ1v) is 10.7. The molecule has 1 atom stereocenters. The fourth-order valence-electron chi connectivity index (χ4n) is 4.27. The Kier molecular flexibility index (Phi) is 6.25. The van der Waals surface area contributed by atoms with Gasteiger partial charge in [0.25, 0.3) is 0 Å². The summed E-state index contributed by atoms with van der Waals surface area (Å²) in [4.78, 5) is 26.8. The number of carbonyl (C=O) groups excluding carboxylic acids is 2. The highest BCUT2D eigenvalue weighted by Crippen LogP contribution is 2.29. The second-order valence-electron chi connectivity index (χ2n) is 7.88. The molecular weight excluding hydrogens is 384 g/mol. The molecule has 4 rings (SSSR count). The zero-order chi connectivity index (χ0) is 20.9. The second kappa shape index (κ2) is 9.23. The van der Waals surface area contributed by atoms with Gasteiger partial charge in [0.05, 0.1) is 25.1 Å². The van der Waals surface area contributed by atoms with Crippen LogP contribution in [0.4, 0.5) is 5.69 Å². The predicted octanol–water partition coefficient (Wildman–Crippen LogP) is 2.25. The average Bonchev–Trinajstić information content (AvgIpc) is 3.40. The lowest BCUT2D eigenvalue weighted by molar-refractivity contribution is -0.126. The Morgan fingerprint density at radius 1 is 1.20 bits per heavy atom. The lowest BCUT2D eigenvalue weighted by Gasteiger charge is -2.22. The minimum atomic E-state index is -0.386. The second-order valence-corrected chi connectivity index (χ2v) is 7.88. The van der Waals surface area contributed by atoms with Crippen LogP contribution in [0, 0.1) is 5.92 Å². The summed E-state index contributed by atoms with van der Waals surface area (Å²) in [5.74, 6) is 0.852. The lowest BCUT2D eigenvalue weighted by atomic mass is 9.95. The van der Waals surface area contributed by atoms with Crippen LogP contribution in [0.15, 0.2) is 24.3 Å². The molecule has 0 bridgehead atoms. The number of rotatable bonds is 7. The number of amides is 2. The summed E-state index contributed by atoms with van der Waals surface area (Å²) < 4.78 is 7.30. The van der Waals surface area contributed by atoms with Gasteiger partial charge in [-0.2, -0.15) is 0 Å². The molecule has 1 aliphatic heterocycles. The first-order valence-electron chi connectivity index (χ1n) is 10.7. The number of hydrogen-bond acceptors (Lipinski definition) is 6. The molecule has 0 spiro atoms. The number of anilines is 1. The summed E-state index contributed by atoms with van der Waals surface area (Å²) in [6.45, 7) is 3.16. The molecule has 1 N–H and O–H groups in total. The minimum absolute atomic E-state index is 0.0497. The summed E-state index contributed by atoms with van der Waals surface area (Å²) in [5.41, 5.74) is 0.778. The highest BCUT2D eigenvalue weighted by atomic mass is 16.5. The monoisotopic (exact) mass is 412 g/mol. The van der Waals surface area contributed by atoms with Crippen molar-refractivity contribution < 1.29 is 14.3 Å². The van der Waals surface area contributed by atoms with Crippen molar-refractivity contribution in [1.82, 2.24) is 25.5 Å². The van der Waals surface area contributed by atoms with Gasteiger partial charge in [-0.3, -0.25) is 9.59 Å². The minimum Gasteiger partial charge on any atom is -0.494 e. The number of ether oxygens (including phenoxy) is 1. The Morgan fingerprint density at radius 3 is 2.70 bits per heavy atom. The van der Waals surface area contributed by atoms with E-state index in [9.17, 15) is 9.59 Å².